The van der Waals surface area contributed by atoms with Crippen molar-refractivity contribution in [2.24, 2.45) is 5.73 Å². The molecule has 0 heterocycles. The normalized spacial score (nSPS) is 28.6. The first kappa shape index (κ1) is 11.3. The van der Waals surface area contributed by atoms with Crippen molar-refractivity contribution in [3.63, 3.8) is 0 Å². The lowest BCUT2D eigenvalue weighted by Gasteiger charge is -2.42. The van der Waals surface area contributed by atoms with Crippen molar-refractivity contribution in [1.29, 1.82) is 0 Å². The van der Waals surface area contributed by atoms with Crippen LogP contribution in [-0.4, -0.2) is 16.1 Å². The smallest absolute Gasteiger partial charge is 0.274 e. The van der Waals surface area contributed by atoms with Gasteiger partial charge < -0.3 is 10.8 Å². The number of aliphatic hydroxyl groups is 1. The van der Waals surface area contributed by atoms with Crippen LogP contribution < -0.4 is 5.73 Å². The second-order valence-electron chi connectivity index (χ2n) is 4.14. The van der Waals surface area contributed by atoms with E-state index >= 15 is 0 Å². The lowest BCUT2D eigenvalue weighted by atomic mass is 9.70. The molecule has 0 atom stereocenters. The van der Waals surface area contributed by atoms with Crippen molar-refractivity contribution in [2.75, 3.05) is 0 Å². The number of hydrogen-bond donors (Lipinski definition) is 2. The van der Waals surface area contributed by atoms with Gasteiger partial charge in [-0.15, -0.1) is 0 Å². The summed E-state index contributed by atoms with van der Waals surface area (Å²) in [4.78, 5) is 10.4. The Morgan fingerprint density at radius 2 is 2.19 bits per heavy atom. The first-order chi connectivity index (χ1) is 7.42. The van der Waals surface area contributed by atoms with E-state index in [-0.39, 0.29) is 5.69 Å². The van der Waals surface area contributed by atoms with Crippen LogP contribution in [0.3, 0.4) is 0 Å². The van der Waals surface area contributed by atoms with Gasteiger partial charge in [-0.05, 0) is 25.0 Å². The summed E-state index contributed by atoms with van der Waals surface area (Å²) in [6.45, 7) is 0. The van der Waals surface area contributed by atoms with Crippen LogP contribution in [0.5, 0.6) is 0 Å². The minimum Gasteiger partial charge on any atom is -0.393 e. The van der Waals surface area contributed by atoms with Gasteiger partial charge in [-0.25, -0.2) is 0 Å². The number of nitrogens with zero attached hydrogens (tertiary/aromatic N) is 1. The molecule has 2 rings (SSSR count). The highest BCUT2D eigenvalue weighted by Gasteiger charge is 2.45. The van der Waals surface area contributed by atoms with Crippen molar-refractivity contribution >= 4 is 17.3 Å². The molecule has 0 aliphatic heterocycles. The molecular formula is C10H11ClN2O3. The number of nitro groups is 1. The van der Waals surface area contributed by atoms with Gasteiger partial charge in [0.15, 0.2) is 0 Å². The predicted octanol–water partition coefficient (Wildman–Crippen LogP) is 1.56. The molecule has 1 saturated carbocycles. The van der Waals surface area contributed by atoms with E-state index in [2.05, 4.69) is 0 Å². The molecule has 0 amide bonds. The van der Waals surface area contributed by atoms with Crippen LogP contribution in [0.2, 0.25) is 5.02 Å². The van der Waals surface area contributed by atoms with Gasteiger partial charge in [-0.2, -0.15) is 0 Å². The third-order valence-electron chi connectivity index (χ3n) is 2.89. The summed E-state index contributed by atoms with van der Waals surface area (Å²) in [6.07, 6.45) is 0.172. The molecule has 0 aromatic heterocycles. The molecule has 3 N–H and O–H groups in total. The zero-order chi connectivity index (χ0) is 11.9. The number of aliphatic hydroxyl groups excluding tert-OH is 1. The lowest BCUT2D eigenvalue weighted by molar-refractivity contribution is -0.386. The van der Waals surface area contributed by atoms with E-state index in [0.717, 1.165) is 0 Å². The van der Waals surface area contributed by atoms with E-state index in [1.807, 2.05) is 0 Å². The van der Waals surface area contributed by atoms with Crippen LogP contribution in [0.15, 0.2) is 18.2 Å². The average molecular weight is 243 g/mol. The Hall–Kier alpha value is -1.17. The molecule has 1 aromatic carbocycles. The maximum absolute atomic E-state index is 10.8. The van der Waals surface area contributed by atoms with Gasteiger partial charge >= 0.3 is 0 Å². The van der Waals surface area contributed by atoms with E-state index < -0.39 is 16.6 Å². The molecule has 0 saturated heterocycles. The quantitative estimate of drug-likeness (QED) is 0.608. The van der Waals surface area contributed by atoms with Crippen LogP contribution in [0.25, 0.3) is 0 Å². The minimum atomic E-state index is -0.827. The molecule has 1 fully saturated rings. The summed E-state index contributed by atoms with van der Waals surface area (Å²) < 4.78 is 0. The van der Waals surface area contributed by atoms with Crippen LogP contribution in [0.4, 0.5) is 5.69 Å². The van der Waals surface area contributed by atoms with Gasteiger partial charge in [0.1, 0.15) is 0 Å². The number of hydrogen-bond acceptors (Lipinski definition) is 4. The van der Waals surface area contributed by atoms with Gasteiger partial charge in [0, 0.05) is 11.1 Å². The van der Waals surface area contributed by atoms with Gasteiger partial charge in [-0.1, -0.05) is 11.6 Å². The number of nitro benzene ring substituents is 1. The molecule has 0 bridgehead atoms. The molecule has 16 heavy (non-hydrogen) atoms. The average Bonchev–Trinajstić information content (AvgIpc) is 2.14. The fourth-order valence-electron chi connectivity index (χ4n) is 2.07. The Morgan fingerprint density at radius 3 is 2.69 bits per heavy atom. The maximum Gasteiger partial charge on any atom is 0.274 e. The van der Waals surface area contributed by atoms with Gasteiger partial charge in [-0.3, -0.25) is 10.1 Å². The molecule has 0 unspecified atom stereocenters. The molecule has 0 spiro atoms. The van der Waals surface area contributed by atoms with Gasteiger partial charge in [0.05, 0.1) is 22.1 Å². The van der Waals surface area contributed by atoms with E-state index in [9.17, 15) is 15.2 Å². The lowest BCUT2D eigenvalue weighted by Crippen LogP contribution is -2.51. The molecule has 86 valence electrons. The molecule has 6 heteroatoms. The topological polar surface area (TPSA) is 89.4 Å². The summed E-state index contributed by atoms with van der Waals surface area (Å²) in [7, 11) is 0. The van der Waals surface area contributed by atoms with E-state index in [1.165, 1.54) is 18.2 Å². The third-order valence-corrected chi connectivity index (χ3v) is 3.13. The molecule has 5 nitrogen and oxygen atoms in total. The van der Waals surface area contributed by atoms with Crippen molar-refractivity contribution in [3.8, 4) is 0 Å². The van der Waals surface area contributed by atoms with Crippen molar-refractivity contribution in [2.45, 2.75) is 24.5 Å². The monoisotopic (exact) mass is 242 g/mol. The van der Waals surface area contributed by atoms with E-state index in [4.69, 9.17) is 17.3 Å². The minimum absolute atomic E-state index is 0.0428. The largest absolute Gasteiger partial charge is 0.393 e. The van der Waals surface area contributed by atoms with Crippen molar-refractivity contribution in [1.82, 2.24) is 0 Å². The van der Waals surface area contributed by atoms with Gasteiger partial charge in [0.2, 0.25) is 0 Å². The van der Waals surface area contributed by atoms with Gasteiger partial charge in [0.25, 0.3) is 5.69 Å². The fourth-order valence-corrected chi connectivity index (χ4v) is 2.24. The van der Waals surface area contributed by atoms with Crippen LogP contribution in [0, 0.1) is 10.1 Å². The standard InChI is InChI=1S/C10H11ClN2O3/c11-6-1-2-9(13(15)16)8(3-6)10(12)4-7(14)5-10/h1-3,7,14H,4-5,12H2. The Balaban J connectivity index is 2.46. The number of halogens is 1. The summed E-state index contributed by atoms with van der Waals surface area (Å²) >= 11 is 5.80. The predicted molar refractivity (Wildman–Crippen MR) is 59.2 cm³/mol. The highest BCUT2D eigenvalue weighted by atomic mass is 35.5. The number of benzene rings is 1. The van der Waals surface area contributed by atoms with Crippen LogP contribution in [-0.2, 0) is 5.54 Å². The maximum atomic E-state index is 10.8. The number of rotatable bonds is 2. The Labute approximate surface area is 97.0 Å². The molecule has 1 aromatic rings. The highest BCUT2D eigenvalue weighted by Crippen LogP contribution is 2.43. The first-order valence-corrected chi connectivity index (χ1v) is 5.21. The third kappa shape index (κ3) is 1.77. The Kier molecular flexibility index (Phi) is 2.61. The molecule has 1 aliphatic rings. The summed E-state index contributed by atoms with van der Waals surface area (Å²) in [6, 6.07) is 4.31. The second-order valence-corrected chi connectivity index (χ2v) is 4.57. The Bertz CT molecular complexity index is 444. The van der Waals surface area contributed by atoms with Crippen LogP contribution in [0.1, 0.15) is 18.4 Å². The van der Waals surface area contributed by atoms with E-state index in [1.54, 1.807) is 0 Å². The summed E-state index contributed by atoms with van der Waals surface area (Å²) in [5.41, 5.74) is 5.53. The van der Waals surface area contributed by atoms with Crippen LogP contribution >= 0.6 is 11.6 Å². The Morgan fingerprint density at radius 1 is 1.56 bits per heavy atom. The molecule has 0 radical (unpaired) electrons. The summed E-state index contributed by atoms with van der Waals surface area (Å²) in [5.74, 6) is 0. The summed E-state index contributed by atoms with van der Waals surface area (Å²) in [5, 5.41) is 20.5. The first-order valence-electron chi connectivity index (χ1n) is 4.84. The molecular weight excluding hydrogens is 232 g/mol. The zero-order valence-corrected chi connectivity index (χ0v) is 9.15. The number of nitrogens with two attached hydrogens (primary N) is 1. The SMILES string of the molecule is NC1(c2cc(Cl)ccc2[N+](=O)[O-])CC(O)C1. The van der Waals surface area contributed by atoms with E-state index in [0.29, 0.717) is 23.4 Å². The molecule has 1 aliphatic carbocycles. The second kappa shape index (κ2) is 3.69. The van der Waals surface area contributed by atoms with Crippen molar-refractivity contribution < 1.29 is 10.0 Å². The fraction of sp³-hybridized carbons (Fsp3) is 0.400. The zero-order valence-electron chi connectivity index (χ0n) is 8.39. The highest BCUT2D eigenvalue weighted by molar-refractivity contribution is 6.30. The van der Waals surface area contributed by atoms with Crippen molar-refractivity contribution in [3.05, 3.63) is 38.9 Å².